The lowest BCUT2D eigenvalue weighted by atomic mass is 9.53. The highest BCUT2D eigenvalue weighted by atomic mass is 16.6. The second kappa shape index (κ2) is 4.89. The van der Waals surface area contributed by atoms with Gasteiger partial charge in [-0.1, -0.05) is 13.8 Å². The molecule has 13 atom stereocenters. The van der Waals surface area contributed by atoms with Crippen molar-refractivity contribution in [1.82, 2.24) is 0 Å². The van der Waals surface area contributed by atoms with Gasteiger partial charge in [-0.2, -0.15) is 0 Å². The second-order valence-corrected chi connectivity index (χ2v) is 10.9. The Morgan fingerprint density at radius 3 is 2.07 bits per heavy atom. The lowest BCUT2D eigenvalue weighted by Crippen LogP contribution is -2.68. The van der Waals surface area contributed by atoms with Crippen LogP contribution in [-0.4, -0.2) is 78.0 Å². The summed E-state index contributed by atoms with van der Waals surface area (Å²) in [6.07, 6.45) is -3.15. The van der Waals surface area contributed by atoms with Gasteiger partial charge in [0, 0.05) is 23.2 Å². The van der Waals surface area contributed by atoms with Crippen LogP contribution >= 0.6 is 0 Å². The molecule has 7 heteroatoms. The van der Waals surface area contributed by atoms with E-state index in [9.17, 15) is 30.6 Å². The van der Waals surface area contributed by atoms with Crippen molar-refractivity contribution in [2.45, 2.75) is 87.9 Å². The van der Waals surface area contributed by atoms with Gasteiger partial charge in [0.25, 0.3) is 0 Å². The Balaban J connectivity index is 1.65. The Hall–Kier alpha value is -0.280. The van der Waals surface area contributed by atoms with Crippen molar-refractivity contribution in [1.29, 1.82) is 0 Å². The van der Waals surface area contributed by atoms with E-state index in [1.54, 1.807) is 13.8 Å². The first kappa shape index (κ1) is 18.7. The summed E-state index contributed by atoms with van der Waals surface area (Å²) >= 11 is 0. The van der Waals surface area contributed by atoms with Crippen LogP contribution in [0.5, 0.6) is 0 Å². The molecule has 27 heavy (non-hydrogen) atoms. The Kier molecular flexibility index (Phi) is 3.39. The van der Waals surface area contributed by atoms with Gasteiger partial charge in [-0.25, -0.2) is 0 Å². The van der Waals surface area contributed by atoms with E-state index in [0.29, 0.717) is 0 Å². The van der Waals surface area contributed by atoms with Crippen molar-refractivity contribution < 1.29 is 35.4 Å². The molecule has 6 rings (SSSR count). The minimum atomic E-state index is -1.54. The molecular formula is C20H32O7. The van der Waals surface area contributed by atoms with E-state index < -0.39 is 70.1 Å². The van der Waals surface area contributed by atoms with Crippen molar-refractivity contribution in [2.75, 3.05) is 0 Å². The molecule has 0 unspecified atom stereocenters. The molecule has 0 aromatic carbocycles. The average molecular weight is 384 g/mol. The average Bonchev–Trinajstić information content (AvgIpc) is 3.28. The number of ether oxygens (including phenoxy) is 1. The summed E-state index contributed by atoms with van der Waals surface area (Å²) in [5.74, 6) is -2.81. The fourth-order valence-electron chi connectivity index (χ4n) is 8.06. The van der Waals surface area contributed by atoms with Gasteiger partial charge in [-0.15, -0.1) is 0 Å². The zero-order chi connectivity index (χ0) is 19.9. The molecule has 0 spiro atoms. The van der Waals surface area contributed by atoms with Crippen LogP contribution in [0.15, 0.2) is 0 Å². The van der Waals surface area contributed by atoms with Crippen molar-refractivity contribution in [3.8, 4) is 0 Å². The number of epoxide rings is 1. The molecule has 2 bridgehead atoms. The molecule has 0 radical (unpaired) electrons. The quantitative estimate of drug-likeness (QED) is 0.295. The van der Waals surface area contributed by atoms with E-state index in [1.807, 2.05) is 13.8 Å². The monoisotopic (exact) mass is 384 g/mol. The highest BCUT2D eigenvalue weighted by Gasteiger charge is 2.81. The predicted molar refractivity (Wildman–Crippen MR) is 93.3 cm³/mol. The largest absolute Gasteiger partial charge is 0.393 e. The number of fused-ring (bicyclic) bond motifs is 4. The fraction of sp³-hybridized carbons (Fsp3) is 1.00. The molecule has 1 saturated heterocycles. The van der Waals surface area contributed by atoms with Crippen LogP contribution in [0.3, 0.4) is 0 Å². The number of rotatable bonds is 0. The fourth-order valence-corrected chi connectivity index (χ4v) is 8.06. The molecule has 0 aromatic rings. The molecule has 0 aromatic heterocycles. The lowest BCUT2D eigenvalue weighted by molar-refractivity contribution is -0.256. The normalized spacial score (nSPS) is 68.7. The van der Waals surface area contributed by atoms with Gasteiger partial charge in [-0.05, 0) is 38.5 Å². The summed E-state index contributed by atoms with van der Waals surface area (Å²) in [5, 5.41) is 67.0. The Morgan fingerprint density at radius 2 is 1.48 bits per heavy atom. The maximum absolute atomic E-state index is 11.7. The zero-order valence-electron chi connectivity index (χ0n) is 16.3. The minimum absolute atomic E-state index is 0.161. The summed E-state index contributed by atoms with van der Waals surface area (Å²) < 4.78 is 5.79. The third-order valence-corrected chi connectivity index (χ3v) is 9.43. The summed E-state index contributed by atoms with van der Waals surface area (Å²) in [7, 11) is 0. The Bertz CT molecular complexity index is 675. The Labute approximate surface area is 159 Å². The van der Waals surface area contributed by atoms with Crippen LogP contribution in [0.1, 0.15) is 40.5 Å². The number of aliphatic hydroxyl groups is 6. The third kappa shape index (κ3) is 1.84. The van der Waals surface area contributed by atoms with Gasteiger partial charge in [-0.3, -0.25) is 0 Å². The van der Waals surface area contributed by atoms with Crippen LogP contribution in [0.4, 0.5) is 0 Å². The SMILES string of the molecule is CC1(C)[C@H]2O[C@H]2[C@H]2[C@](C)(O)[C@@H]3C[C@@H](O)[C@H]4[C@@H](O)[C@@H]([C@@H]3C[C@@H](O)[C@@]21O)[C@@]4(C)O. The first-order valence-corrected chi connectivity index (χ1v) is 10.2. The predicted octanol–water partition coefficient (Wildman–Crippen LogP) is -0.989. The first-order chi connectivity index (χ1) is 12.3. The molecule has 6 fully saturated rings. The molecule has 5 saturated carbocycles. The smallest absolute Gasteiger partial charge is 0.106 e. The van der Waals surface area contributed by atoms with Crippen LogP contribution in [-0.2, 0) is 4.74 Å². The minimum Gasteiger partial charge on any atom is -0.393 e. The summed E-state index contributed by atoms with van der Waals surface area (Å²) in [4.78, 5) is 0. The van der Waals surface area contributed by atoms with Crippen LogP contribution < -0.4 is 0 Å². The number of hydrogen-bond acceptors (Lipinski definition) is 7. The van der Waals surface area contributed by atoms with Crippen molar-refractivity contribution in [3.05, 3.63) is 0 Å². The maximum Gasteiger partial charge on any atom is 0.106 e. The van der Waals surface area contributed by atoms with Gasteiger partial charge < -0.3 is 35.4 Å². The molecule has 1 aliphatic heterocycles. The van der Waals surface area contributed by atoms with E-state index in [-0.39, 0.29) is 25.0 Å². The van der Waals surface area contributed by atoms with E-state index in [2.05, 4.69) is 0 Å². The number of hydrogen-bond donors (Lipinski definition) is 6. The highest BCUT2D eigenvalue weighted by molar-refractivity contribution is 5.30. The van der Waals surface area contributed by atoms with Crippen molar-refractivity contribution in [2.24, 2.45) is 35.0 Å². The molecule has 5 aliphatic carbocycles. The van der Waals surface area contributed by atoms with E-state index in [0.717, 1.165) is 0 Å². The molecule has 1 heterocycles. The van der Waals surface area contributed by atoms with Crippen LogP contribution in [0.2, 0.25) is 0 Å². The first-order valence-electron chi connectivity index (χ1n) is 10.2. The standard InChI is InChI=1S/C20H32O7/c1-17(2)16-14(27-16)15-18(3,24)8-6-9(21)12-13(23)11(19(12,4)25)7(8)5-10(22)20(15,17)26/h7-16,21-26H,5-6H2,1-4H3/t7-,8-,9-,10-,11-,12+,13+,14+,15+,16+,18-,19-,20-/m1/s1. The maximum atomic E-state index is 11.7. The third-order valence-electron chi connectivity index (χ3n) is 9.43. The van der Waals surface area contributed by atoms with E-state index in [1.165, 1.54) is 0 Å². The summed E-state index contributed by atoms with van der Waals surface area (Å²) in [6, 6.07) is 0. The lowest BCUT2D eigenvalue weighted by Gasteiger charge is -2.57. The van der Waals surface area contributed by atoms with Gasteiger partial charge in [0.1, 0.15) is 5.60 Å². The summed E-state index contributed by atoms with van der Waals surface area (Å²) in [6.45, 7) is 7.00. The molecule has 6 N–H and O–H groups in total. The number of aliphatic hydroxyl groups excluding tert-OH is 3. The molecule has 7 nitrogen and oxygen atoms in total. The topological polar surface area (TPSA) is 134 Å². The van der Waals surface area contributed by atoms with Gasteiger partial charge in [0.15, 0.2) is 0 Å². The Morgan fingerprint density at radius 1 is 0.852 bits per heavy atom. The van der Waals surface area contributed by atoms with Gasteiger partial charge in [0.2, 0.25) is 0 Å². The van der Waals surface area contributed by atoms with Crippen LogP contribution in [0.25, 0.3) is 0 Å². The van der Waals surface area contributed by atoms with Crippen molar-refractivity contribution in [3.63, 3.8) is 0 Å². The molecular weight excluding hydrogens is 352 g/mol. The van der Waals surface area contributed by atoms with E-state index in [4.69, 9.17) is 4.74 Å². The highest BCUT2D eigenvalue weighted by Crippen LogP contribution is 2.69. The van der Waals surface area contributed by atoms with E-state index >= 15 is 0 Å². The van der Waals surface area contributed by atoms with Gasteiger partial charge in [0.05, 0.1) is 41.7 Å². The van der Waals surface area contributed by atoms with Crippen LogP contribution in [0, 0.1) is 35.0 Å². The second-order valence-electron chi connectivity index (χ2n) is 10.9. The summed E-state index contributed by atoms with van der Waals surface area (Å²) in [5.41, 5.74) is -4.97. The zero-order valence-corrected chi connectivity index (χ0v) is 16.3. The molecule has 0 amide bonds. The molecule has 6 aliphatic rings. The molecule has 154 valence electrons. The van der Waals surface area contributed by atoms with Crippen molar-refractivity contribution >= 4 is 0 Å². The van der Waals surface area contributed by atoms with Gasteiger partial charge >= 0.3 is 0 Å².